The zero-order valence-electron chi connectivity index (χ0n) is 28.1. The summed E-state index contributed by atoms with van der Waals surface area (Å²) in [5.41, 5.74) is 0.511. The Bertz CT molecular complexity index is 1740. The quantitative estimate of drug-likeness (QED) is 0.169. The number of hydroxylamine groups is 2. The van der Waals surface area contributed by atoms with Gasteiger partial charge in [0.2, 0.25) is 12.0 Å². The molecule has 1 aliphatic carbocycles. The largest absolute Gasteiger partial charge is 0.462 e. The molecule has 7 atom stereocenters. The molecular weight excluding hydrogens is 666 g/mol. The number of carbonyl (C=O) groups is 5. The summed E-state index contributed by atoms with van der Waals surface area (Å²) >= 11 is 0. The van der Waals surface area contributed by atoms with Gasteiger partial charge in [0.05, 0.1) is 13.2 Å². The molecule has 3 N–H and O–H groups in total. The van der Waals surface area contributed by atoms with Gasteiger partial charge >= 0.3 is 17.9 Å². The van der Waals surface area contributed by atoms with Crippen molar-refractivity contribution in [3.8, 4) is 0 Å². The zero-order valence-corrected chi connectivity index (χ0v) is 28.1. The van der Waals surface area contributed by atoms with Gasteiger partial charge in [-0.15, -0.1) is 0 Å². The topological polar surface area (TPSA) is 188 Å². The third kappa shape index (κ3) is 6.51. The molecule has 0 aromatic heterocycles. The van der Waals surface area contributed by atoms with Crippen LogP contribution < -0.4 is 10.6 Å². The Labute approximate surface area is 293 Å². The number of aliphatic hydroxyl groups excluding tert-OH is 1. The minimum absolute atomic E-state index is 0.0260. The molecule has 0 radical (unpaired) electrons. The summed E-state index contributed by atoms with van der Waals surface area (Å²) in [5.74, 6) is -2.61. The van der Waals surface area contributed by atoms with Gasteiger partial charge in [0, 0.05) is 36.6 Å². The van der Waals surface area contributed by atoms with E-state index >= 15 is 0 Å². The van der Waals surface area contributed by atoms with Crippen molar-refractivity contribution in [3.05, 3.63) is 76.9 Å². The molecule has 4 heterocycles. The van der Waals surface area contributed by atoms with E-state index in [-0.39, 0.29) is 52.0 Å². The molecule has 5 fully saturated rings. The number of fused-ring (bicyclic) bond motifs is 4. The van der Waals surface area contributed by atoms with Gasteiger partial charge in [-0.25, -0.2) is 9.59 Å². The van der Waals surface area contributed by atoms with Crippen LogP contribution in [0.1, 0.15) is 47.3 Å². The van der Waals surface area contributed by atoms with Gasteiger partial charge in [-0.1, -0.05) is 50.2 Å². The lowest BCUT2D eigenvalue weighted by atomic mass is 9.62. The fourth-order valence-electron chi connectivity index (χ4n) is 7.44. The number of hydrogen-bond donors (Lipinski definition) is 3. The third-order valence-corrected chi connectivity index (χ3v) is 10.0. The number of esters is 3. The average molecular weight is 706 g/mol. The van der Waals surface area contributed by atoms with Gasteiger partial charge in [-0.3, -0.25) is 19.2 Å². The van der Waals surface area contributed by atoms with E-state index in [4.69, 9.17) is 33.6 Å². The Kier molecular flexibility index (Phi) is 9.41. The van der Waals surface area contributed by atoms with E-state index in [1.165, 1.54) is 11.1 Å². The molecule has 1 saturated carbocycles. The van der Waals surface area contributed by atoms with E-state index in [1.54, 1.807) is 68.5 Å². The van der Waals surface area contributed by atoms with Crippen LogP contribution in [0, 0.1) is 10.8 Å². The number of amides is 2. The Morgan fingerprint density at radius 3 is 2.55 bits per heavy atom. The molecule has 4 aliphatic heterocycles. The molecule has 4 saturated heterocycles. The molecular formula is C36H39N3O12. The lowest BCUT2D eigenvalue weighted by molar-refractivity contribution is -0.201. The molecule has 2 aromatic rings. The summed E-state index contributed by atoms with van der Waals surface area (Å²) in [6.45, 7) is 3.86. The molecule has 2 bridgehead atoms. The Morgan fingerprint density at radius 2 is 1.80 bits per heavy atom. The number of nitrogens with one attached hydrogen (secondary N) is 2. The van der Waals surface area contributed by atoms with E-state index in [2.05, 4.69) is 10.6 Å². The summed E-state index contributed by atoms with van der Waals surface area (Å²) in [7, 11) is 0. The Balaban J connectivity index is 1.06. The monoisotopic (exact) mass is 705 g/mol. The predicted octanol–water partition coefficient (Wildman–Crippen LogP) is 0.775. The van der Waals surface area contributed by atoms with Crippen molar-refractivity contribution in [1.82, 2.24) is 15.7 Å². The van der Waals surface area contributed by atoms with Crippen molar-refractivity contribution in [2.45, 2.75) is 69.9 Å². The van der Waals surface area contributed by atoms with Gasteiger partial charge in [0.25, 0.3) is 5.91 Å². The minimum Gasteiger partial charge on any atom is -0.462 e. The van der Waals surface area contributed by atoms with E-state index in [0.717, 1.165) is 5.56 Å². The van der Waals surface area contributed by atoms with E-state index in [0.29, 0.717) is 16.7 Å². The molecule has 0 spiro atoms. The summed E-state index contributed by atoms with van der Waals surface area (Å²) in [4.78, 5) is 71.2. The number of aliphatic hydroxyl groups is 1. The lowest BCUT2D eigenvalue weighted by Crippen LogP contribution is -2.69. The second kappa shape index (κ2) is 13.8. The van der Waals surface area contributed by atoms with E-state index in [9.17, 15) is 24.0 Å². The molecule has 15 heteroatoms. The first-order chi connectivity index (χ1) is 24.5. The van der Waals surface area contributed by atoms with Gasteiger partial charge in [0.15, 0.2) is 6.04 Å². The molecule has 0 unspecified atom stereocenters. The molecule has 2 amide bonds. The molecule has 2 aromatic carbocycles. The van der Waals surface area contributed by atoms with Crippen LogP contribution in [0.3, 0.4) is 0 Å². The number of hydrogen-bond acceptors (Lipinski definition) is 13. The Morgan fingerprint density at radius 1 is 1.02 bits per heavy atom. The molecule has 51 heavy (non-hydrogen) atoms. The summed E-state index contributed by atoms with van der Waals surface area (Å²) in [6.07, 6.45) is -0.793. The van der Waals surface area contributed by atoms with Crippen LogP contribution >= 0.6 is 0 Å². The highest BCUT2D eigenvalue weighted by molar-refractivity contribution is 5.95. The van der Waals surface area contributed by atoms with Crippen LogP contribution in [0.5, 0.6) is 0 Å². The van der Waals surface area contributed by atoms with Crippen molar-refractivity contribution in [3.63, 3.8) is 0 Å². The molecule has 15 nitrogen and oxygen atoms in total. The first kappa shape index (κ1) is 34.8. The first-order valence-electron chi connectivity index (χ1n) is 16.8. The SMILES string of the molecule is CC1(C)COC(=O)[C@@H]1OC(=O)C=Cc1ccc(CN2O[C@@H]3[C@H]4OCO[C@H]4[C@H]4C[C@]3(C(=O)NCc3cccc(C(=O)NCCO)c3)[C@@H]2C(=O)O4)cc1. The second-order valence-corrected chi connectivity index (χ2v) is 14.0. The predicted molar refractivity (Wildman–Crippen MR) is 174 cm³/mol. The number of cyclic esters (lactones) is 1. The fourth-order valence-corrected chi connectivity index (χ4v) is 7.44. The minimum atomic E-state index is -1.35. The van der Waals surface area contributed by atoms with Crippen molar-refractivity contribution in [1.29, 1.82) is 0 Å². The van der Waals surface area contributed by atoms with Gasteiger partial charge in [0.1, 0.15) is 43.2 Å². The van der Waals surface area contributed by atoms with E-state index < -0.39 is 71.2 Å². The van der Waals surface area contributed by atoms with Crippen LogP contribution in [-0.4, -0.2) is 103 Å². The van der Waals surface area contributed by atoms with Crippen LogP contribution in [0.15, 0.2) is 54.6 Å². The van der Waals surface area contributed by atoms with Crippen molar-refractivity contribution >= 4 is 35.8 Å². The third-order valence-electron chi connectivity index (χ3n) is 10.0. The molecule has 270 valence electrons. The fraction of sp³-hybridized carbons (Fsp3) is 0.472. The summed E-state index contributed by atoms with van der Waals surface area (Å²) < 4.78 is 27.9. The number of carbonyl (C=O) groups excluding carboxylic acids is 5. The van der Waals surface area contributed by atoms with Crippen molar-refractivity contribution in [2.24, 2.45) is 10.8 Å². The second-order valence-electron chi connectivity index (χ2n) is 14.0. The van der Waals surface area contributed by atoms with E-state index in [1.807, 2.05) is 0 Å². The molecule has 7 rings (SSSR count). The number of nitrogens with zero attached hydrogens (tertiary/aromatic N) is 1. The van der Waals surface area contributed by atoms with Crippen molar-refractivity contribution < 1.29 is 57.6 Å². The lowest BCUT2D eigenvalue weighted by Gasteiger charge is -2.48. The van der Waals surface area contributed by atoms with Gasteiger partial charge in [-0.05, 0) is 34.9 Å². The standard InChI is InChI=1S/C36H39N3O12/c1-35(2)18-46-33(44)30(35)50-25(41)11-10-20-6-8-21(9-7-20)17-39-28-32(43)49-24-15-36(28,29(51-39)27-26(24)47-19-48-27)34(45)38-16-22-4-3-5-23(14-22)31(42)37-12-13-40/h3-11,14,24,26-30,40H,12-13,15-19H2,1-2H3,(H,37,42)(H,38,45)/t24-,26+,27+,28+,29-,30+,36+/m1/s1. The van der Waals surface area contributed by atoms with Gasteiger partial charge < -0.3 is 39.4 Å². The van der Waals surface area contributed by atoms with Gasteiger partial charge in [-0.2, -0.15) is 5.06 Å². The van der Waals surface area contributed by atoms with Crippen LogP contribution in [-0.2, 0) is 60.8 Å². The highest BCUT2D eigenvalue weighted by atomic mass is 16.8. The highest BCUT2D eigenvalue weighted by Gasteiger charge is 2.74. The number of benzene rings is 2. The maximum Gasteiger partial charge on any atom is 0.348 e. The molecule has 5 aliphatic rings. The maximum absolute atomic E-state index is 14.3. The average Bonchev–Trinajstić information content (AvgIpc) is 3.82. The first-order valence-corrected chi connectivity index (χ1v) is 16.8. The summed E-state index contributed by atoms with van der Waals surface area (Å²) in [5, 5.41) is 16.1. The smallest absolute Gasteiger partial charge is 0.348 e. The number of ether oxygens (including phenoxy) is 5. The number of rotatable bonds is 11. The normalized spacial score (nSPS) is 30.4. The zero-order chi connectivity index (χ0) is 35.9. The van der Waals surface area contributed by atoms with Crippen LogP contribution in [0.2, 0.25) is 0 Å². The summed E-state index contributed by atoms with van der Waals surface area (Å²) in [6, 6.07) is 12.8. The van der Waals surface area contributed by atoms with Crippen LogP contribution in [0.25, 0.3) is 6.08 Å². The highest BCUT2D eigenvalue weighted by Crippen LogP contribution is 2.55. The van der Waals surface area contributed by atoms with Crippen LogP contribution in [0.4, 0.5) is 0 Å². The maximum atomic E-state index is 14.3. The van der Waals surface area contributed by atoms with Crippen molar-refractivity contribution in [2.75, 3.05) is 26.6 Å². The Hall–Kier alpha value is -4.67.